The van der Waals surface area contributed by atoms with E-state index in [1.54, 1.807) is 11.8 Å². The Morgan fingerprint density at radius 2 is 1.44 bits per heavy atom. The molecule has 2 aromatic rings. The van der Waals surface area contributed by atoms with E-state index in [4.69, 9.17) is 5.73 Å². The van der Waals surface area contributed by atoms with Crippen molar-refractivity contribution in [3.63, 3.8) is 0 Å². The third-order valence-corrected chi connectivity index (χ3v) is 3.97. The molecule has 0 saturated heterocycles. The van der Waals surface area contributed by atoms with E-state index in [1.807, 2.05) is 0 Å². The molecular weight excluding hydrogens is 238 g/mol. The molecule has 0 bridgehead atoms. The summed E-state index contributed by atoms with van der Waals surface area (Å²) in [5.41, 5.74) is 9.98. The van der Waals surface area contributed by atoms with Gasteiger partial charge in [0.2, 0.25) is 0 Å². The Kier molecular flexibility index (Phi) is 4.45. The molecule has 0 aliphatic heterocycles. The van der Waals surface area contributed by atoms with Gasteiger partial charge in [-0.05, 0) is 41.5 Å². The monoisotopic (exact) mass is 257 g/mol. The van der Waals surface area contributed by atoms with E-state index >= 15 is 0 Å². The van der Waals surface area contributed by atoms with Crippen molar-refractivity contribution < 1.29 is 0 Å². The molecule has 0 aliphatic rings. The van der Waals surface area contributed by atoms with Gasteiger partial charge in [-0.1, -0.05) is 43.3 Å². The van der Waals surface area contributed by atoms with Gasteiger partial charge >= 0.3 is 0 Å². The number of aryl methyl sites for hydroxylation is 1. The van der Waals surface area contributed by atoms with Crippen LogP contribution in [0.25, 0.3) is 0 Å². The van der Waals surface area contributed by atoms with Crippen molar-refractivity contribution in [2.45, 2.75) is 24.3 Å². The van der Waals surface area contributed by atoms with Gasteiger partial charge in [0.1, 0.15) is 0 Å². The lowest BCUT2D eigenvalue weighted by Crippen LogP contribution is -2.11. The van der Waals surface area contributed by atoms with Gasteiger partial charge in [-0.2, -0.15) is 0 Å². The molecule has 94 valence electrons. The maximum atomic E-state index is 6.29. The molecule has 0 amide bonds. The largest absolute Gasteiger partial charge is 0.320 e. The van der Waals surface area contributed by atoms with Crippen molar-refractivity contribution >= 4 is 11.8 Å². The molecule has 0 heterocycles. The normalized spacial score (nSPS) is 12.4. The number of nitrogens with two attached hydrogens (primary N) is 1. The van der Waals surface area contributed by atoms with Gasteiger partial charge in [-0.25, -0.2) is 0 Å². The minimum atomic E-state index is -0.0354. The summed E-state index contributed by atoms with van der Waals surface area (Å²) in [6, 6.07) is 17.0. The third kappa shape index (κ3) is 2.95. The summed E-state index contributed by atoms with van der Waals surface area (Å²) >= 11 is 1.75. The van der Waals surface area contributed by atoms with Crippen molar-refractivity contribution in [1.29, 1.82) is 0 Å². The van der Waals surface area contributed by atoms with E-state index in [9.17, 15) is 0 Å². The summed E-state index contributed by atoms with van der Waals surface area (Å²) in [6.45, 7) is 2.16. The molecule has 2 heteroatoms. The van der Waals surface area contributed by atoms with Crippen molar-refractivity contribution in [2.75, 3.05) is 6.26 Å². The third-order valence-electron chi connectivity index (χ3n) is 3.22. The highest BCUT2D eigenvalue weighted by Gasteiger charge is 2.08. The van der Waals surface area contributed by atoms with Crippen LogP contribution in [0.3, 0.4) is 0 Å². The summed E-state index contributed by atoms with van der Waals surface area (Å²) in [6.07, 6.45) is 3.15. The Morgan fingerprint density at radius 1 is 0.944 bits per heavy atom. The van der Waals surface area contributed by atoms with E-state index in [-0.39, 0.29) is 6.04 Å². The first kappa shape index (κ1) is 13.2. The molecule has 1 nitrogen and oxygen atoms in total. The maximum absolute atomic E-state index is 6.29. The Hall–Kier alpha value is -1.25. The van der Waals surface area contributed by atoms with Gasteiger partial charge in [-0.15, -0.1) is 11.8 Å². The highest BCUT2D eigenvalue weighted by atomic mass is 32.2. The van der Waals surface area contributed by atoms with Gasteiger partial charge in [0, 0.05) is 4.90 Å². The van der Waals surface area contributed by atoms with Crippen LogP contribution < -0.4 is 5.73 Å². The Balaban J connectivity index is 2.20. The molecule has 0 spiro atoms. The minimum absolute atomic E-state index is 0.0354. The average Bonchev–Trinajstić information content (AvgIpc) is 2.47. The van der Waals surface area contributed by atoms with Crippen LogP contribution in [0.1, 0.15) is 29.7 Å². The van der Waals surface area contributed by atoms with Gasteiger partial charge in [0.05, 0.1) is 6.04 Å². The fourth-order valence-corrected chi connectivity index (χ4v) is 2.37. The van der Waals surface area contributed by atoms with Crippen LogP contribution in [-0.2, 0) is 6.42 Å². The molecule has 0 aliphatic carbocycles. The van der Waals surface area contributed by atoms with Crippen molar-refractivity contribution in [1.82, 2.24) is 0 Å². The zero-order valence-electron chi connectivity index (χ0n) is 10.9. The summed E-state index contributed by atoms with van der Waals surface area (Å²) in [4.78, 5) is 1.27. The van der Waals surface area contributed by atoms with Gasteiger partial charge in [0.15, 0.2) is 0 Å². The Morgan fingerprint density at radius 3 is 1.89 bits per heavy atom. The molecular formula is C16H19NS. The highest BCUT2D eigenvalue weighted by molar-refractivity contribution is 7.98. The molecule has 2 N–H and O–H groups in total. The van der Waals surface area contributed by atoms with Crippen molar-refractivity contribution in [2.24, 2.45) is 5.73 Å². The molecule has 18 heavy (non-hydrogen) atoms. The predicted molar refractivity (Wildman–Crippen MR) is 80.1 cm³/mol. The zero-order valence-corrected chi connectivity index (χ0v) is 11.7. The molecule has 0 fully saturated rings. The second-order valence-corrected chi connectivity index (χ2v) is 5.23. The smallest absolute Gasteiger partial charge is 0.0551 e. The van der Waals surface area contributed by atoms with Crippen molar-refractivity contribution in [3.8, 4) is 0 Å². The van der Waals surface area contributed by atoms with E-state index in [1.165, 1.54) is 16.0 Å². The van der Waals surface area contributed by atoms with Crippen molar-refractivity contribution in [3.05, 3.63) is 65.2 Å². The van der Waals surface area contributed by atoms with Crippen LogP contribution in [0, 0.1) is 0 Å². The average molecular weight is 257 g/mol. The summed E-state index contributed by atoms with van der Waals surface area (Å²) in [5, 5.41) is 0. The van der Waals surface area contributed by atoms with Gasteiger partial charge < -0.3 is 5.73 Å². The predicted octanol–water partition coefficient (Wildman–Crippen LogP) is 4.02. The minimum Gasteiger partial charge on any atom is -0.320 e. The van der Waals surface area contributed by atoms with Crippen LogP contribution in [0.2, 0.25) is 0 Å². The fraction of sp³-hybridized carbons (Fsp3) is 0.250. The van der Waals surface area contributed by atoms with E-state index in [2.05, 4.69) is 61.7 Å². The summed E-state index contributed by atoms with van der Waals surface area (Å²) in [5.74, 6) is 0. The lowest BCUT2D eigenvalue weighted by molar-refractivity contribution is 0.868. The van der Waals surface area contributed by atoms with Crippen LogP contribution in [0.5, 0.6) is 0 Å². The molecule has 0 aromatic heterocycles. The van der Waals surface area contributed by atoms with Gasteiger partial charge in [0.25, 0.3) is 0 Å². The molecule has 2 aromatic carbocycles. The maximum Gasteiger partial charge on any atom is 0.0551 e. The lowest BCUT2D eigenvalue weighted by Gasteiger charge is -2.13. The first-order valence-electron chi connectivity index (χ1n) is 6.23. The number of hydrogen-bond donors (Lipinski definition) is 1. The number of rotatable bonds is 4. The fourth-order valence-electron chi connectivity index (χ4n) is 1.96. The highest BCUT2D eigenvalue weighted by Crippen LogP contribution is 2.23. The number of benzene rings is 2. The second kappa shape index (κ2) is 6.07. The van der Waals surface area contributed by atoms with Gasteiger partial charge in [-0.3, -0.25) is 0 Å². The SMILES string of the molecule is CCc1ccc(C(N)c2ccc(SC)cc2)cc1. The second-order valence-electron chi connectivity index (χ2n) is 4.35. The molecule has 2 rings (SSSR count). The van der Waals surface area contributed by atoms with E-state index in [0.29, 0.717) is 0 Å². The topological polar surface area (TPSA) is 26.0 Å². The summed E-state index contributed by atoms with van der Waals surface area (Å²) < 4.78 is 0. The molecule has 1 unspecified atom stereocenters. The standard InChI is InChI=1S/C16H19NS/c1-3-12-4-6-13(7-5-12)16(17)14-8-10-15(18-2)11-9-14/h4-11,16H,3,17H2,1-2H3. The Labute approximate surface area is 113 Å². The van der Waals surface area contributed by atoms with Crippen LogP contribution in [0.4, 0.5) is 0 Å². The van der Waals surface area contributed by atoms with Crippen LogP contribution in [0.15, 0.2) is 53.4 Å². The number of hydrogen-bond acceptors (Lipinski definition) is 2. The first-order chi connectivity index (χ1) is 8.74. The quantitative estimate of drug-likeness (QED) is 0.837. The number of thioether (sulfide) groups is 1. The van der Waals surface area contributed by atoms with Crippen LogP contribution >= 0.6 is 11.8 Å². The zero-order chi connectivity index (χ0) is 13.0. The molecule has 0 radical (unpaired) electrons. The summed E-state index contributed by atoms with van der Waals surface area (Å²) in [7, 11) is 0. The van der Waals surface area contributed by atoms with Crippen LogP contribution in [-0.4, -0.2) is 6.26 Å². The Bertz CT molecular complexity index is 440. The lowest BCUT2D eigenvalue weighted by atomic mass is 9.98. The van der Waals surface area contributed by atoms with E-state index < -0.39 is 0 Å². The van der Waals surface area contributed by atoms with E-state index in [0.717, 1.165) is 12.0 Å². The molecule has 0 saturated carbocycles. The molecule has 1 atom stereocenters. The first-order valence-corrected chi connectivity index (χ1v) is 7.45.